The van der Waals surface area contributed by atoms with Crippen molar-refractivity contribution < 1.29 is 17.9 Å². The molecule has 0 saturated heterocycles. The molecule has 0 fully saturated rings. The molecule has 7 heteroatoms. The highest BCUT2D eigenvalue weighted by atomic mass is 32.2. The van der Waals surface area contributed by atoms with Crippen molar-refractivity contribution in [2.75, 3.05) is 13.7 Å². The minimum absolute atomic E-state index is 0.372. The predicted molar refractivity (Wildman–Crippen MR) is 57.9 cm³/mol. The number of ether oxygens (including phenoxy) is 1. The molecule has 0 aliphatic carbocycles. The van der Waals surface area contributed by atoms with E-state index in [-0.39, 0.29) is 6.54 Å². The highest BCUT2D eigenvalue weighted by Crippen LogP contribution is 2.12. The second-order valence-corrected chi connectivity index (χ2v) is 5.74. The molecule has 0 bridgehead atoms. The first-order valence-electron chi connectivity index (χ1n) is 4.74. The molecule has 0 aliphatic rings. The van der Waals surface area contributed by atoms with Crippen LogP contribution in [0.2, 0.25) is 0 Å². The van der Waals surface area contributed by atoms with Crippen LogP contribution in [-0.4, -0.2) is 43.6 Å². The summed E-state index contributed by atoms with van der Waals surface area (Å²) < 4.78 is 29.1. The Labute approximate surface area is 95.8 Å². The van der Waals surface area contributed by atoms with Crippen molar-refractivity contribution in [1.82, 2.24) is 4.31 Å². The molecular formula is C9H16N2O4S. The quantitative estimate of drug-likeness (QED) is 0.644. The van der Waals surface area contributed by atoms with Gasteiger partial charge in [0.1, 0.15) is 6.54 Å². The van der Waals surface area contributed by atoms with Gasteiger partial charge in [-0.05, 0) is 20.8 Å². The number of carbonyl (C=O) groups is 1. The molecule has 0 radical (unpaired) electrons. The number of sulfonamides is 1. The van der Waals surface area contributed by atoms with E-state index in [0.29, 0.717) is 0 Å². The summed E-state index contributed by atoms with van der Waals surface area (Å²) in [5, 5.41) is 7.44. The van der Waals surface area contributed by atoms with Crippen LogP contribution in [0.5, 0.6) is 0 Å². The molecule has 0 N–H and O–H groups in total. The Kier molecular flexibility index (Phi) is 5.41. The SMILES string of the molecule is COC(=O)CN(C(C)C)S(=O)(=O)C(C)C#N. The summed E-state index contributed by atoms with van der Waals surface area (Å²) in [6.45, 7) is 4.17. The van der Waals surface area contributed by atoms with Crippen LogP contribution in [0.3, 0.4) is 0 Å². The lowest BCUT2D eigenvalue weighted by Crippen LogP contribution is -2.44. The summed E-state index contributed by atoms with van der Waals surface area (Å²) in [5.74, 6) is -0.651. The van der Waals surface area contributed by atoms with Crippen LogP contribution in [0.15, 0.2) is 0 Å². The number of methoxy groups -OCH3 is 1. The van der Waals surface area contributed by atoms with Gasteiger partial charge in [-0.1, -0.05) is 0 Å². The van der Waals surface area contributed by atoms with E-state index in [0.717, 1.165) is 4.31 Å². The molecule has 0 spiro atoms. The number of carbonyl (C=O) groups excluding carboxylic acids is 1. The molecule has 92 valence electrons. The molecule has 0 aromatic rings. The number of esters is 1. The molecule has 1 unspecified atom stereocenters. The van der Waals surface area contributed by atoms with Gasteiger partial charge in [0.2, 0.25) is 10.0 Å². The second-order valence-electron chi connectivity index (χ2n) is 3.53. The minimum atomic E-state index is -3.78. The molecule has 0 heterocycles. The smallest absolute Gasteiger partial charge is 0.321 e. The van der Waals surface area contributed by atoms with Crippen molar-refractivity contribution in [3.8, 4) is 6.07 Å². The lowest BCUT2D eigenvalue weighted by atomic mass is 10.4. The van der Waals surface area contributed by atoms with Crippen LogP contribution in [0.25, 0.3) is 0 Å². The van der Waals surface area contributed by atoms with Gasteiger partial charge in [-0.25, -0.2) is 8.42 Å². The zero-order valence-corrected chi connectivity index (χ0v) is 10.6. The van der Waals surface area contributed by atoms with Gasteiger partial charge in [-0.3, -0.25) is 4.79 Å². The van der Waals surface area contributed by atoms with E-state index >= 15 is 0 Å². The molecule has 16 heavy (non-hydrogen) atoms. The Hall–Kier alpha value is -1.13. The average molecular weight is 248 g/mol. The van der Waals surface area contributed by atoms with Gasteiger partial charge in [0, 0.05) is 6.04 Å². The van der Waals surface area contributed by atoms with Gasteiger partial charge < -0.3 is 4.74 Å². The third-order valence-corrected chi connectivity index (χ3v) is 4.25. The third kappa shape index (κ3) is 3.47. The summed E-state index contributed by atoms with van der Waals surface area (Å²) in [5.41, 5.74) is 0. The van der Waals surface area contributed by atoms with Gasteiger partial charge >= 0.3 is 5.97 Å². The first kappa shape index (κ1) is 14.9. The van der Waals surface area contributed by atoms with E-state index in [1.54, 1.807) is 19.9 Å². The molecule has 0 aliphatic heterocycles. The summed E-state index contributed by atoms with van der Waals surface area (Å²) in [6, 6.07) is 1.25. The van der Waals surface area contributed by atoms with E-state index < -0.39 is 27.3 Å². The van der Waals surface area contributed by atoms with Crippen molar-refractivity contribution in [2.45, 2.75) is 32.1 Å². The molecule has 0 rings (SSSR count). The molecule has 0 aromatic heterocycles. The predicted octanol–water partition coefficient (Wildman–Crippen LogP) is 0.112. The highest BCUT2D eigenvalue weighted by molar-refractivity contribution is 7.90. The number of hydrogen-bond donors (Lipinski definition) is 0. The Morgan fingerprint density at radius 2 is 1.94 bits per heavy atom. The van der Waals surface area contributed by atoms with Crippen LogP contribution in [-0.2, 0) is 19.6 Å². The van der Waals surface area contributed by atoms with Gasteiger partial charge in [0.25, 0.3) is 0 Å². The topological polar surface area (TPSA) is 87.5 Å². The summed E-state index contributed by atoms with van der Waals surface area (Å²) in [4.78, 5) is 11.1. The zero-order valence-electron chi connectivity index (χ0n) is 9.80. The first-order chi connectivity index (χ1) is 7.27. The summed E-state index contributed by atoms with van der Waals surface area (Å²) in [7, 11) is -2.60. The van der Waals surface area contributed by atoms with E-state index in [1.165, 1.54) is 14.0 Å². The fraction of sp³-hybridized carbons (Fsp3) is 0.778. The summed E-state index contributed by atoms with van der Waals surface area (Å²) in [6.07, 6.45) is 0. The van der Waals surface area contributed by atoms with E-state index in [4.69, 9.17) is 5.26 Å². The molecule has 6 nitrogen and oxygen atoms in total. The van der Waals surface area contributed by atoms with Crippen molar-refractivity contribution in [1.29, 1.82) is 5.26 Å². The van der Waals surface area contributed by atoms with Gasteiger partial charge in [-0.2, -0.15) is 9.57 Å². The lowest BCUT2D eigenvalue weighted by Gasteiger charge is -2.25. The number of hydrogen-bond acceptors (Lipinski definition) is 5. The molecule has 0 aromatic carbocycles. The molecule has 1 atom stereocenters. The third-order valence-electron chi connectivity index (χ3n) is 2.04. The fourth-order valence-electron chi connectivity index (χ4n) is 1.03. The standard InChI is InChI=1S/C9H16N2O4S/c1-7(2)11(6-9(12)15-4)16(13,14)8(3)5-10/h7-8H,6H2,1-4H3. The van der Waals surface area contributed by atoms with E-state index in [1.807, 2.05) is 0 Å². The fourth-order valence-corrected chi connectivity index (χ4v) is 2.44. The first-order valence-corrected chi connectivity index (χ1v) is 6.24. The molecular weight excluding hydrogens is 232 g/mol. The van der Waals surface area contributed by atoms with Crippen molar-refractivity contribution >= 4 is 16.0 Å². The Morgan fingerprint density at radius 3 is 2.25 bits per heavy atom. The zero-order chi connectivity index (χ0) is 12.9. The van der Waals surface area contributed by atoms with Crippen LogP contribution in [0.4, 0.5) is 0 Å². The van der Waals surface area contributed by atoms with E-state index in [2.05, 4.69) is 4.74 Å². The van der Waals surface area contributed by atoms with Crippen molar-refractivity contribution in [3.05, 3.63) is 0 Å². The van der Waals surface area contributed by atoms with Gasteiger partial charge in [0.15, 0.2) is 5.25 Å². The molecule has 0 amide bonds. The van der Waals surface area contributed by atoms with E-state index in [9.17, 15) is 13.2 Å². The van der Waals surface area contributed by atoms with Crippen LogP contribution in [0, 0.1) is 11.3 Å². The lowest BCUT2D eigenvalue weighted by molar-refractivity contribution is -0.141. The van der Waals surface area contributed by atoms with Gasteiger partial charge in [0.05, 0.1) is 13.2 Å². The van der Waals surface area contributed by atoms with Crippen molar-refractivity contribution in [2.24, 2.45) is 0 Å². The Balaban J connectivity index is 5.09. The second kappa shape index (κ2) is 5.82. The van der Waals surface area contributed by atoms with Crippen LogP contribution < -0.4 is 0 Å². The maximum Gasteiger partial charge on any atom is 0.321 e. The normalized spacial score (nSPS) is 13.6. The average Bonchev–Trinajstić information content (AvgIpc) is 2.23. The number of nitrogens with zero attached hydrogens (tertiary/aromatic N) is 2. The Morgan fingerprint density at radius 1 is 1.44 bits per heavy atom. The van der Waals surface area contributed by atoms with Crippen molar-refractivity contribution in [3.63, 3.8) is 0 Å². The highest BCUT2D eigenvalue weighted by Gasteiger charge is 2.32. The van der Waals surface area contributed by atoms with Crippen LogP contribution in [0.1, 0.15) is 20.8 Å². The largest absolute Gasteiger partial charge is 0.468 e. The number of nitriles is 1. The van der Waals surface area contributed by atoms with Gasteiger partial charge in [-0.15, -0.1) is 0 Å². The Bertz CT molecular complexity index is 383. The minimum Gasteiger partial charge on any atom is -0.468 e. The van der Waals surface area contributed by atoms with Crippen LogP contribution >= 0.6 is 0 Å². The maximum atomic E-state index is 11.9. The summed E-state index contributed by atoms with van der Waals surface area (Å²) >= 11 is 0. The molecule has 0 saturated carbocycles. The number of rotatable bonds is 5. The maximum absolute atomic E-state index is 11.9. The monoisotopic (exact) mass is 248 g/mol.